The Kier molecular flexibility index (Phi) is 3.29. The van der Waals surface area contributed by atoms with Crippen molar-refractivity contribution in [2.75, 3.05) is 11.5 Å². The van der Waals surface area contributed by atoms with Crippen LogP contribution in [0.5, 0.6) is 0 Å². The van der Waals surface area contributed by atoms with E-state index in [1.54, 1.807) is 0 Å². The van der Waals surface area contributed by atoms with Crippen LogP contribution in [0.15, 0.2) is 0 Å². The van der Waals surface area contributed by atoms with E-state index in [-0.39, 0.29) is 5.54 Å². The average Bonchev–Trinajstić information content (AvgIpc) is 2.61. The third-order valence-electron chi connectivity index (χ3n) is 1.98. The van der Waals surface area contributed by atoms with Crippen molar-refractivity contribution in [3.05, 3.63) is 0 Å². The highest BCUT2D eigenvalue weighted by atomic mass is 32.2. The second kappa shape index (κ2) is 3.88. The van der Waals surface area contributed by atoms with Gasteiger partial charge in [0, 0.05) is 27.8 Å². The first-order valence-electron chi connectivity index (χ1n) is 4.61. The van der Waals surface area contributed by atoms with Crippen LogP contribution in [0.1, 0.15) is 33.1 Å². The molecule has 0 heterocycles. The SMILES string of the molecule is CC(C)(N)CS(=O)CCC1CC1. The number of hydrogen-bond donors (Lipinski definition) is 1. The van der Waals surface area contributed by atoms with Gasteiger partial charge in [-0.15, -0.1) is 0 Å². The van der Waals surface area contributed by atoms with Crippen LogP contribution >= 0.6 is 0 Å². The quantitative estimate of drug-likeness (QED) is 0.708. The summed E-state index contributed by atoms with van der Waals surface area (Å²) in [6, 6.07) is 0. The molecular formula is C9H19NOS. The minimum Gasteiger partial charge on any atom is -0.325 e. The lowest BCUT2D eigenvalue weighted by Gasteiger charge is -2.17. The summed E-state index contributed by atoms with van der Waals surface area (Å²) in [6.07, 6.45) is 3.84. The summed E-state index contributed by atoms with van der Waals surface area (Å²) in [5.74, 6) is 2.38. The van der Waals surface area contributed by atoms with Gasteiger partial charge < -0.3 is 5.73 Å². The lowest BCUT2D eigenvalue weighted by molar-refractivity contribution is 0.576. The fourth-order valence-electron chi connectivity index (χ4n) is 1.19. The Labute approximate surface area is 77.4 Å². The van der Waals surface area contributed by atoms with E-state index in [0.29, 0.717) is 5.75 Å². The highest BCUT2D eigenvalue weighted by Crippen LogP contribution is 2.32. The van der Waals surface area contributed by atoms with Crippen molar-refractivity contribution < 1.29 is 4.21 Å². The first-order valence-corrected chi connectivity index (χ1v) is 6.10. The van der Waals surface area contributed by atoms with E-state index in [2.05, 4.69) is 0 Å². The van der Waals surface area contributed by atoms with Gasteiger partial charge in [-0.05, 0) is 26.2 Å². The number of rotatable bonds is 5. The molecule has 1 atom stereocenters. The zero-order valence-corrected chi connectivity index (χ0v) is 8.82. The molecule has 1 fully saturated rings. The lowest BCUT2D eigenvalue weighted by Crippen LogP contribution is -2.38. The molecule has 0 saturated heterocycles. The Morgan fingerprint density at radius 2 is 2.08 bits per heavy atom. The van der Waals surface area contributed by atoms with Gasteiger partial charge >= 0.3 is 0 Å². The van der Waals surface area contributed by atoms with Crippen LogP contribution < -0.4 is 5.73 Å². The first-order chi connectivity index (χ1) is 5.47. The molecule has 0 bridgehead atoms. The second-order valence-corrected chi connectivity index (χ2v) is 6.09. The van der Waals surface area contributed by atoms with E-state index >= 15 is 0 Å². The minimum absolute atomic E-state index is 0.269. The van der Waals surface area contributed by atoms with Crippen LogP contribution in [0.2, 0.25) is 0 Å². The molecule has 2 N–H and O–H groups in total. The molecule has 0 aromatic carbocycles. The predicted octanol–water partition coefficient (Wildman–Crippen LogP) is 1.27. The summed E-state index contributed by atoms with van der Waals surface area (Å²) < 4.78 is 11.4. The molecule has 1 saturated carbocycles. The summed E-state index contributed by atoms with van der Waals surface area (Å²) in [5, 5.41) is 0. The Balaban J connectivity index is 2.10. The van der Waals surface area contributed by atoms with Crippen LogP contribution in [-0.4, -0.2) is 21.3 Å². The standard InChI is InChI=1S/C9H19NOS/c1-9(2,10)7-12(11)6-5-8-3-4-8/h8H,3-7,10H2,1-2H3. The Morgan fingerprint density at radius 3 is 2.50 bits per heavy atom. The normalized spacial score (nSPS) is 20.9. The fraction of sp³-hybridized carbons (Fsp3) is 1.00. The second-order valence-electron chi connectivity index (χ2n) is 4.51. The Bertz CT molecular complexity index is 170. The summed E-state index contributed by atoms with van der Waals surface area (Å²) in [6.45, 7) is 3.87. The van der Waals surface area contributed by atoms with Crippen molar-refractivity contribution in [2.24, 2.45) is 11.7 Å². The van der Waals surface area contributed by atoms with Crippen molar-refractivity contribution in [3.8, 4) is 0 Å². The smallest absolute Gasteiger partial charge is 0.0409 e. The van der Waals surface area contributed by atoms with E-state index in [4.69, 9.17) is 5.73 Å². The monoisotopic (exact) mass is 189 g/mol. The Hall–Kier alpha value is 0.110. The van der Waals surface area contributed by atoms with E-state index < -0.39 is 10.8 Å². The molecule has 12 heavy (non-hydrogen) atoms. The van der Waals surface area contributed by atoms with Gasteiger partial charge in [0.1, 0.15) is 0 Å². The van der Waals surface area contributed by atoms with Gasteiger partial charge in [-0.3, -0.25) is 4.21 Å². The molecule has 72 valence electrons. The van der Waals surface area contributed by atoms with Crippen molar-refractivity contribution >= 4 is 10.8 Å². The third kappa shape index (κ3) is 4.88. The van der Waals surface area contributed by atoms with E-state index in [1.807, 2.05) is 13.8 Å². The van der Waals surface area contributed by atoms with E-state index in [9.17, 15) is 4.21 Å². The van der Waals surface area contributed by atoms with Crippen LogP contribution in [0.25, 0.3) is 0 Å². The highest BCUT2D eigenvalue weighted by Gasteiger charge is 2.22. The molecule has 0 radical (unpaired) electrons. The van der Waals surface area contributed by atoms with Gasteiger partial charge in [0.2, 0.25) is 0 Å². The average molecular weight is 189 g/mol. The highest BCUT2D eigenvalue weighted by molar-refractivity contribution is 7.85. The molecule has 0 aliphatic heterocycles. The van der Waals surface area contributed by atoms with E-state index in [0.717, 1.165) is 18.1 Å². The maximum atomic E-state index is 11.4. The van der Waals surface area contributed by atoms with Crippen molar-refractivity contribution in [1.82, 2.24) is 0 Å². The fourth-order valence-corrected chi connectivity index (χ4v) is 2.76. The van der Waals surface area contributed by atoms with Gasteiger partial charge in [-0.2, -0.15) is 0 Å². The summed E-state index contributed by atoms with van der Waals surface area (Å²) in [4.78, 5) is 0. The van der Waals surface area contributed by atoms with Gasteiger partial charge in [-0.1, -0.05) is 12.8 Å². The third-order valence-corrected chi connectivity index (χ3v) is 3.74. The molecule has 1 rings (SSSR count). The van der Waals surface area contributed by atoms with Crippen molar-refractivity contribution in [2.45, 2.75) is 38.6 Å². The molecule has 0 aromatic heterocycles. The topological polar surface area (TPSA) is 43.1 Å². The van der Waals surface area contributed by atoms with E-state index in [1.165, 1.54) is 12.8 Å². The molecular weight excluding hydrogens is 170 g/mol. The molecule has 1 unspecified atom stereocenters. The molecule has 1 aliphatic rings. The van der Waals surface area contributed by atoms with Crippen LogP contribution in [0, 0.1) is 5.92 Å². The summed E-state index contributed by atoms with van der Waals surface area (Å²) >= 11 is 0. The zero-order chi connectivity index (χ0) is 9.19. The first kappa shape index (κ1) is 10.2. The van der Waals surface area contributed by atoms with Crippen molar-refractivity contribution in [1.29, 1.82) is 0 Å². The summed E-state index contributed by atoms with van der Waals surface area (Å²) in [5.41, 5.74) is 5.50. The minimum atomic E-state index is -0.695. The van der Waals surface area contributed by atoms with Gasteiger partial charge in [0.25, 0.3) is 0 Å². The molecule has 0 spiro atoms. The van der Waals surface area contributed by atoms with Crippen LogP contribution in [0.3, 0.4) is 0 Å². The number of nitrogens with two attached hydrogens (primary N) is 1. The predicted molar refractivity (Wildman–Crippen MR) is 53.5 cm³/mol. The zero-order valence-electron chi connectivity index (χ0n) is 8.01. The van der Waals surface area contributed by atoms with Gasteiger partial charge in [-0.25, -0.2) is 0 Å². The summed E-state index contributed by atoms with van der Waals surface area (Å²) in [7, 11) is -0.695. The molecule has 3 heteroatoms. The molecule has 2 nitrogen and oxygen atoms in total. The van der Waals surface area contributed by atoms with Crippen LogP contribution in [-0.2, 0) is 10.8 Å². The van der Waals surface area contributed by atoms with Crippen molar-refractivity contribution in [3.63, 3.8) is 0 Å². The van der Waals surface area contributed by atoms with Gasteiger partial charge in [0.05, 0.1) is 0 Å². The molecule has 0 amide bonds. The van der Waals surface area contributed by atoms with Crippen LogP contribution in [0.4, 0.5) is 0 Å². The Morgan fingerprint density at radius 1 is 1.50 bits per heavy atom. The molecule has 1 aliphatic carbocycles. The maximum Gasteiger partial charge on any atom is 0.0409 e. The lowest BCUT2D eigenvalue weighted by atomic mass is 10.1. The molecule has 0 aromatic rings. The largest absolute Gasteiger partial charge is 0.325 e. The maximum absolute atomic E-state index is 11.4. The van der Waals surface area contributed by atoms with Gasteiger partial charge in [0.15, 0.2) is 0 Å². The number of hydrogen-bond acceptors (Lipinski definition) is 2.